The van der Waals surface area contributed by atoms with Gasteiger partial charge in [0.2, 0.25) is 0 Å². The molecule has 4 aromatic heterocycles. The third-order valence-corrected chi connectivity index (χ3v) is 6.32. The van der Waals surface area contributed by atoms with Crippen LogP contribution in [0.15, 0.2) is 122 Å². The highest BCUT2D eigenvalue weighted by atomic mass is 15.1. The Balaban J connectivity index is 1.31. The van der Waals surface area contributed by atoms with Gasteiger partial charge in [-0.3, -0.25) is 4.57 Å². The van der Waals surface area contributed by atoms with Crippen LogP contribution in [-0.2, 0) is 0 Å². The molecule has 0 saturated heterocycles. The second-order valence-corrected chi connectivity index (χ2v) is 8.57. The van der Waals surface area contributed by atoms with E-state index in [-0.39, 0.29) is 0 Å². The Kier molecular flexibility index (Phi) is 4.67. The van der Waals surface area contributed by atoms with Crippen molar-refractivity contribution in [3.05, 3.63) is 122 Å². The average Bonchev–Trinajstić information content (AvgIpc) is 3.56. The highest BCUT2D eigenvalue weighted by Crippen LogP contribution is 2.29. The first kappa shape index (κ1) is 20.3. The van der Waals surface area contributed by atoms with Gasteiger partial charge in [-0.05, 0) is 65.6 Å². The summed E-state index contributed by atoms with van der Waals surface area (Å²) < 4.78 is 4.20. The largest absolute Gasteiger partial charge is 0.354 e. The van der Waals surface area contributed by atoms with Gasteiger partial charge in [0.15, 0.2) is 5.65 Å². The standard InChI is InChI=1S/C30H20N6/c1-3-9-23(10-4-1)35-20-8-14-26-30(35)34-27(32-26)21-15-17-22(18-16-21)28-33-25-13-7-19-31-29(25)36(28)24-11-5-2-6-12-24/h1-20H/p+1. The van der Waals surface area contributed by atoms with Gasteiger partial charge < -0.3 is 4.98 Å². The molecule has 4 heterocycles. The number of benzene rings is 3. The fourth-order valence-corrected chi connectivity index (χ4v) is 4.61. The summed E-state index contributed by atoms with van der Waals surface area (Å²) in [5, 5.41) is 0. The summed E-state index contributed by atoms with van der Waals surface area (Å²) in [6.45, 7) is 0. The molecule has 0 amide bonds. The number of aromatic nitrogens is 6. The summed E-state index contributed by atoms with van der Waals surface area (Å²) in [4.78, 5) is 17.9. The lowest BCUT2D eigenvalue weighted by molar-refractivity contribution is -0.569. The van der Waals surface area contributed by atoms with Crippen molar-refractivity contribution in [1.82, 2.24) is 24.5 Å². The molecule has 170 valence electrons. The zero-order chi connectivity index (χ0) is 23.9. The summed E-state index contributed by atoms with van der Waals surface area (Å²) in [5.41, 5.74) is 7.70. The van der Waals surface area contributed by atoms with Crippen LogP contribution in [0.25, 0.3) is 56.5 Å². The predicted molar refractivity (Wildman–Crippen MR) is 141 cm³/mol. The Hall–Kier alpha value is -5.10. The number of hydrogen-bond acceptors (Lipinski definition) is 3. The monoisotopic (exact) mass is 465 g/mol. The van der Waals surface area contributed by atoms with Crippen molar-refractivity contribution >= 4 is 22.3 Å². The van der Waals surface area contributed by atoms with E-state index in [4.69, 9.17) is 9.97 Å². The third-order valence-electron chi connectivity index (χ3n) is 6.32. The quantitative estimate of drug-likeness (QED) is 0.329. The van der Waals surface area contributed by atoms with Crippen LogP contribution in [0.5, 0.6) is 0 Å². The summed E-state index contributed by atoms with van der Waals surface area (Å²) in [7, 11) is 0. The Morgan fingerprint density at radius 3 is 2.22 bits per heavy atom. The smallest absolute Gasteiger partial charge is 0.312 e. The van der Waals surface area contributed by atoms with Crippen LogP contribution in [0.4, 0.5) is 0 Å². The zero-order valence-corrected chi connectivity index (χ0v) is 19.3. The van der Waals surface area contributed by atoms with Crippen LogP contribution >= 0.6 is 0 Å². The molecule has 0 atom stereocenters. The van der Waals surface area contributed by atoms with E-state index in [0.29, 0.717) is 0 Å². The molecule has 7 aromatic rings. The van der Waals surface area contributed by atoms with Crippen LogP contribution in [0.1, 0.15) is 0 Å². The number of nitrogens with one attached hydrogen (secondary N) is 1. The van der Waals surface area contributed by atoms with E-state index in [1.54, 1.807) is 6.20 Å². The molecule has 0 unspecified atom stereocenters. The third kappa shape index (κ3) is 3.35. The van der Waals surface area contributed by atoms with E-state index in [2.05, 4.69) is 73.7 Å². The molecular weight excluding hydrogens is 444 g/mol. The first-order valence-corrected chi connectivity index (χ1v) is 11.8. The minimum Gasteiger partial charge on any atom is -0.312 e. The normalized spacial score (nSPS) is 11.3. The minimum atomic E-state index is 0.825. The molecule has 36 heavy (non-hydrogen) atoms. The number of pyridine rings is 2. The van der Waals surface area contributed by atoms with Crippen LogP contribution in [0.2, 0.25) is 0 Å². The van der Waals surface area contributed by atoms with Gasteiger partial charge in [-0.25, -0.2) is 9.97 Å². The molecule has 0 saturated carbocycles. The fraction of sp³-hybridized carbons (Fsp3) is 0. The lowest BCUT2D eigenvalue weighted by atomic mass is 10.1. The number of imidazole rings is 2. The number of nitrogens with zero attached hydrogens (tertiary/aromatic N) is 5. The van der Waals surface area contributed by atoms with Crippen LogP contribution in [-0.4, -0.2) is 24.5 Å². The van der Waals surface area contributed by atoms with E-state index in [0.717, 1.165) is 56.5 Å². The van der Waals surface area contributed by atoms with Crippen molar-refractivity contribution in [3.8, 4) is 34.2 Å². The first-order valence-electron chi connectivity index (χ1n) is 11.8. The Labute approximate surface area is 207 Å². The number of fused-ring (bicyclic) bond motifs is 2. The lowest BCUT2D eigenvalue weighted by Crippen LogP contribution is -2.31. The van der Waals surface area contributed by atoms with E-state index < -0.39 is 0 Å². The number of aromatic amines is 1. The number of hydrogen-bond donors (Lipinski definition) is 1. The first-order chi connectivity index (χ1) is 17.8. The van der Waals surface area contributed by atoms with Gasteiger partial charge in [0.05, 0.1) is 6.20 Å². The van der Waals surface area contributed by atoms with Crippen molar-refractivity contribution in [2.75, 3.05) is 0 Å². The Bertz CT molecular complexity index is 1820. The van der Waals surface area contributed by atoms with Crippen LogP contribution in [0, 0.1) is 0 Å². The molecular formula is C30H21N6+. The Morgan fingerprint density at radius 2 is 1.42 bits per heavy atom. The average molecular weight is 466 g/mol. The topological polar surface area (TPSA) is 63.3 Å². The summed E-state index contributed by atoms with van der Waals surface area (Å²) in [6.07, 6.45) is 3.84. The summed E-state index contributed by atoms with van der Waals surface area (Å²) >= 11 is 0. The van der Waals surface area contributed by atoms with Gasteiger partial charge in [0.25, 0.3) is 5.82 Å². The second-order valence-electron chi connectivity index (χ2n) is 8.57. The molecule has 0 aliphatic heterocycles. The molecule has 6 nitrogen and oxygen atoms in total. The van der Waals surface area contributed by atoms with Crippen molar-refractivity contribution in [3.63, 3.8) is 0 Å². The van der Waals surface area contributed by atoms with E-state index >= 15 is 0 Å². The van der Waals surface area contributed by atoms with Crippen LogP contribution < -0.4 is 4.57 Å². The molecule has 1 N–H and O–H groups in total. The fourth-order valence-electron chi connectivity index (χ4n) is 4.61. The van der Waals surface area contributed by atoms with Gasteiger partial charge in [-0.15, -0.1) is 0 Å². The van der Waals surface area contributed by atoms with E-state index in [1.165, 1.54) is 0 Å². The predicted octanol–water partition coefficient (Wildman–Crippen LogP) is 5.91. The highest BCUT2D eigenvalue weighted by Gasteiger charge is 2.19. The van der Waals surface area contributed by atoms with Crippen molar-refractivity contribution in [1.29, 1.82) is 0 Å². The van der Waals surface area contributed by atoms with E-state index in [1.807, 2.05) is 60.8 Å². The highest BCUT2D eigenvalue weighted by molar-refractivity contribution is 5.81. The molecule has 0 aliphatic carbocycles. The molecule has 0 bridgehead atoms. The van der Waals surface area contributed by atoms with Crippen LogP contribution in [0.3, 0.4) is 0 Å². The van der Waals surface area contributed by atoms with E-state index in [9.17, 15) is 0 Å². The number of para-hydroxylation sites is 2. The molecule has 0 spiro atoms. The Morgan fingerprint density at radius 1 is 0.667 bits per heavy atom. The number of H-pyrrole nitrogens is 1. The zero-order valence-electron chi connectivity index (χ0n) is 19.3. The molecule has 7 rings (SSSR count). The molecule has 6 heteroatoms. The second kappa shape index (κ2) is 8.29. The summed E-state index contributed by atoms with van der Waals surface area (Å²) in [5.74, 6) is 1.68. The maximum absolute atomic E-state index is 4.94. The van der Waals surface area contributed by atoms with Crippen molar-refractivity contribution in [2.24, 2.45) is 0 Å². The minimum absolute atomic E-state index is 0.825. The van der Waals surface area contributed by atoms with Gasteiger partial charge in [0.1, 0.15) is 22.5 Å². The lowest BCUT2D eigenvalue weighted by Gasteiger charge is -2.09. The molecule has 0 radical (unpaired) electrons. The van der Waals surface area contributed by atoms with Gasteiger partial charge >= 0.3 is 5.65 Å². The van der Waals surface area contributed by atoms with Crippen molar-refractivity contribution in [2.45, 2.75) is 0 Å². The maximum atomic E-state index is 4.94. The van der Waals surface area contributed by atoms with Crippen molar-refractivity contribution < 1.29 is 4.57 Å². The maximum Gasteiger partial charge on any atom is 0.354 e. The van der Waals surface area contributed by atoms with Gasteiger partial charge in [-0.2, -0.15) is 4.57 Å². The number of rotatable bonds is 4. The SMILES string of the molecule is c1ccc(-n2c(-c3ccc(-c4nc5c(ccc[n+]5-c5ccccc5)[nH]4)cc3)nc3cccnc32)cc1. The molecule has 0 fully saturated rings. The van der Waals surface area contributed by atoms with Gasteiger partial charge in [-0.1, -0.05) is 48.5 Å². The molecule has 0 aliphatic rings. The van der Waals surface area contributed by atoms with Gasteiger partial charge in [0, 0.05) is 23.0 Å². The molecule has 3 aromatic carbocycles. The summed E-state index contributed by atoms with van der Waals surface area (Å²) in [6, 6.07) is 36.8.